The number of aromatic nitrogens is 2. The fourth-order valence-electron chi connectivity index (χ4n) is 1.97. The molecule has 17 heavy (non-hydrogen) atoms. The molecular formula is C10H18N4O2S. The van der Waals surface area contributed by atoms with E-state index in [0.717, 1.165) is 25.2 Å². The average Bonchev–Trinajstić information content (AvgIpc) is 2.87. The number of fused-ring (bicyclic) bond motifs is 1. The number of nitrogens with two attached hydrogens (primary N) is 1. The summed E-state index contributed by atoms with van der Waals surface area (Å²) in [5.74, 6) is 0.859. The summed E-state index contributed by atoms with van der Waals surface area (Å²) in [6.07, 6.45) is 3.26. The Morgan fingerprint density at radius 1 is 1.65 bits per heavy atom. The maximum absolute atomic E-state index is 12.4. The van der Waals surface area contributed by atoms with Gasteiger partial charge < -0.3 is 10.3 Å². The van der Waals surface area contributed by atoms with Gasteiger partial charge in [-0.1, -0.05) is 0 Å². The van der Waals surface area contributed by atoms with Crippen LogP contribution < -0.4 is 5.73 Å². The van der Waals surface area contributed by atoms with E-state index in [0.29, 0.717) is 6.54 Å². The number of nitrogens with zero attached hydrogens (tertiary/aromatic N) is 3. The van der Waals surface area contributed by atoms with E-state index in [2.05, 4.69) is 4.98 Å². The Balaban J connectivity index is 2.38. The van der Waals surface area contributed by atoms with Crippen LogP contribution >= 0.6 is 0 Å². The van der Waals surface area contributed by atoms with Crippen LogP contribution in [0.15, 0.2) is 11.2 Å². The predicted octanol–water partition coefficient (Wildman–Crippen LogP) is -0.203. The maximum Gasteiger partial charge on any atom is 0.260 e. The van der Waals surface area contributed by atoms with Gasteiger partial charge in [0.2, 0.25) is 0 Å². The lowest BCUT2D eigenvalue weighted by molar-refractivity contribution is 0.390. The average molecular weight is 258 g/mol. The second-order valence-electron chi connectivity index (χ2n) is 4.37. The summed E-state index contributed by atoms with van der Waals surface area (Å²) in [4.78, 5) is 4.16. The van der Waals surface area contributed by atoms with Crippen molar-refractivity contribution >= 4 is 10.0 Å². The molecule has 0 aliphatic carbocycles. The molecule has 1 atom stereocenters. The minimum Gasteiger partial charge on any atom is -0.329 e. The number of aryl methyl sites for hydroxylation is 1. The minimum absolute atomic E-state index is 0.215. The molecule has 2 heterocycles. The topological polar surface area (TPSA) is 81.2 Å². The van der Waals surface area contributed by atoms with E-state index in [4.69, 9.17) is 5.73 Å². The monoisotopic (exact) mass is 258 g/mol. The molecule has 1 aliphatic heterocycles. The number of sulfonamides is 1. The van der Waals surface area contributed by atoms with Gasteiger partial charge >= 0.3 is 0 Å². The Morgan fingerprint density at radius 2 is 2.35 bits per heavy atom. The Morgan fingerprint density at radius 3 is 3.00 bits per heavy atom. The fraction of sp³-hybridized carbons (Fsp3) is 0.700. The molecule has 0 bridgehead atoms. The summed E-state index contributed by atoms with van der Waals surface area (Å²) in [7, 11) is -1.92. The molecule has 1 aromatic rings. The van der Waals surface area contributed by atoms with Crippen molar-refractivity contribution < 1.29 is 8.42 Å². The molecular weight excluding hydrogens is 240 g/mol. The highest BCUT2D eigenvalue weighted by Gasteiger charge is 2.30. The highest BCUT2D eigenvalue weighted by Crippen LogP contribution is 2.22. The third-order valence-electron chi connectivity index (χ3n) is 3.29. The third kappa shape index (κ3) is 1.98. The SMILES string of the molecule is CC(CN)N(C)S(=O)(=O)c1cnc2n1CCC2. The van der Waals surface area contributed by atoms with E-state index in [-0.39, 0.29) is 11.1 Å². The molecule has 6 nitrogen and oxygen atoms in total. The molecule has 0 saturated carbocycles. The first-order chi connectivity index (χ1) is 7.98. The van der Waals surface area contributed by atoms with Gasteiger partial charge in [0.25, 0.3) is 10.0 Å². The molecule has 1 unspecified atom stereocenters. The lowest BCUT2D eigenvalue weighted by Crippen LogP contribution is -2.40. The smallest absolute Gasteiger partial charge is 0.260 e. The van der Waals surface area contributed by atoms with Crippen LogP contribution in [0.4, 0.5) is 0 Å². The summed E-state index contributed by atoms with van der Waals surface area (Å²) in [6.45, 7) is 2.82. The van der Waals surface area contributed by atoms with E-state index in [1.807, 2.05) is 0 Å². The molecule has 7 heteroatoms. The van der Waals surface area contributed by atoms with Crippen molar-refractivity contribution in [3.63, 3.8) is 0 Å². The van der Waals surface area contributed by atoms with E-state index in [1.165, 1.54) is 10.5 Å². The summed E-state index contributed by atoms with van der Waals surface area (Å²) in [5, 5.41) is 0.285. The molecule has 0 spiro atoms. The van der Waals surface area contributed by atoms with Gasteiger partial charge in [0.15, 0.2) is 5.03 Å². The molecule has 0 fully saturated rings. The Kier molecular flexibility index (Phi) is 3.24. The van der Waals surface area contributed by atoms with Crippen LogP contribution in [0.3, 0.4) is 0 Å². The zero-order valence-corrected chi connectivity index (χ0v) is 10.9. The third-order valence-corrected chi connectivity index (χ3v) is 5.26. The first kappa shape index (κ1) is 12.5. The van der Waals surface area contributed by atoms with Gasteiger partial charge in [-0.15, -0.1) is 0 Å². The zero-order valence-electron chi connectivity index (χ0n) is 10.1. The predicted molar refractivity (Wildman–Crippen MR) is 64.0 cm³/mol. The van der Waals surface area contributed by atoms with Gasteiger partial charge in [-0.3, -0.25) is 0 Å². The standard InChI is InChI=1S/C10H18N4O2S/c1-8(6-11)13(2)17(15,16)10-7-12-9-4-3-5-14(9)10/h7-8H,3-6,11H2,1-2H3. The number of imidazole rings is 1. The van der Waals surface area contributed by atoms with Crippen LogP contribution in [0.1, 0.15) is 19.2 Å². The molecule has 0 saturated heterocycles. The maximum atomic E-state index is 12.4. The second-order valence-corrected chi connectivity index (χ2v) is 6.32. The summed E-state index contributed by atoms with van der Waals surface area (Å²) in [5.41, 5.74) is 5.51. The van der Waals surface area contributed by atoms with Crippen LogP contribution in [0.5, 0.6) is 0 Å². The molecule has 96 valence electrons. The molecule has 1 aromatic heterocycles. The van der Waals surface area contributed by atoms with Crippen molar-refractivity contribution in [3.8, 4) is 0 Å². The highest BCUT2D eigenvalue weighted by atomic mass is 32.2. The lowest BCUT2D eigenvalue weighted by Gasteiger charge is -2.23. The summed E-state index contributed by atoms with van der Waals surface area (Å²) < 4.78 is 27.8. The largest absolute Gasteiger partial charge is 0.329 e. The van der Waals surface area contributed by atoms with Crippen molar-refractivity contribution in [2.75, 3.05) is 13.6 Å². The van der Waals surface area contributed by atoms with Crippen molar-refractivity contribution in [2.45, 2.75) is 37.4 Å². The van der Waals surface area contributed by atoms with Crippen LogP contribution in [-0.4, -0.2) is 41.9 Å². The van der Waals surface area contributed by atoms with Gasteiger partial charge in [-0.2, -0.15) is 4.31 Å². The number of hydrogen-bond acceptors (Lipinski definition) is 4. The second kappa shape index (κ2) is 4.40. The number of hydrogen-bond donors (Lipinski definition) is 1. The van der Waals surface area contributed by atoms with Gasteiger partial charge in [0.05, 0.1) is 6.20 Å². The van der Waals surface area contributed by atoms with Crippen LogP contribution in [0, 0.1) is 0 Å². The van der Waals surface area contributed by atoms with E-state index in [1.54, 1.807) is 18.5 Å². The van der Waals surface area contributed by atoms with Crippen LogP contribution in [0.25, 0.3) is 0 Å². The van der Waals surface area contributed by atoms with E-state index in [9.17, 15) is 8.42 Å². The minimum atomic E-state index is -3.48. The molecule has 0 amide bonds. The zero-order chi connectivity index (χ0) is 12.6. The van der Waals surface area contributed by atoms with Gasteiger partial charge in [-0.25, -0.2) is 13.4 Å². The molecule has 0 radical (unpaired) electrons. The van der Waals surface area contributed by atoms with Crippen LogP contribution in [-0.2, 0) is 23.0 Å². The lowest BCUT2D eigenvalue weighted by atomic mass is 10.4. The number of rotatable bonds is 4. The summed E-state index contributed by atoms with van der Waals surface area (Å²) >= 11 is 0. The van der Waals surface area contributed by atoms with Crippen molar-refractivity contribution in [2.24, 2.45) is 5.73 Å². The van der Waals surface area contributed by atoms with Crippen molar-refractivity contribution in [3.05, 3.63) is 12.0 Å². The van der Waals surface area contributed by atoms with Crippen LogP contribution in [0.2, 0.25) is 0 Å². The first-order valence-corrected chi connectivity index (χ1v) is 7.15. The number of likely N-dealkylation sites (N-methyl/N-ethyl adjacent to an activating group) is 1. The Bertz CT molecular complexity index is 508. The van der Waals surface area contributed by atoms with E-state index >= 15 is 0 Å². The van der Waals surface area contributed by atoms with Gasteiger partial charge in [-0.05, 0) is 13.3 Å². The Labute approximate surface area is 101 Å². The highest BCUT2D eigenvalue weighted by molar-refractivity contribution is 7.89. The van der Waals surface area contributed by atoms with Gasteiger partial charge in [0, 0.05) is 32.6 Å². The van der Waals surface area contributed by atoms with E-state index < -0.39 is 10.0 Å². The normalized spacial score (nSPS) is 17.4. The van der Waals surface area contributed by atoms with Gasteiger partial charge in [0.1, 0.15) is 5.82 Å². The molecule has 2 rings (SSSR count). The first-order valence-electron chi connectivity index (χ1n) is 5.71. The molecule has 0 aromatic carbocycles. The Hall–Kier alpha value is -0.920. The molecule has 1 aliphatic rings. The summed E-state index contributed by atoms with van der Waals surface area (Å²) in [6, 6.07) is -0.215. The van der Waals surface area contributed by atoms with Crippen molar-refractivity contribution in [1.82, 2.24) is 13.9 Å². The molecule has 2 N–H and O–H groups in total. The van der Waals surface area contributed by atoms with Crippen molar-refractivity contribution in [1.29, 1.82) is 0 Å². The quantitative estimate of drug-likeness (QED) is 0.810. The fourth-order valence-corrected chi connectivity index (χ4v) is 3.49.